The van der Waals surface area contributed by atoms with E-state index in [1.54, 1.807) is 6.07 Å². The lowest BCUT2D eigenvalue weighted by Crippen LogP contribution is -2.02. The molecule has 0 N–H and O–H groups in total. The van der Waals surface area contributed by atoms with Crippen LogP contribution in [0.2, 0.25) is 5.02 Å². The fraction of sp³-hybridized carbons (Fsp3) is 0.154. The quantitative estimate of drug-likeness (QED) is 0.729. The molecule has 0 aliphatic heterocycles. The Morgan fingerprint density at radius 2 is 2.00 bits per heavy atom. The first-order chi connectivity index (χ1) is 7.59. The standard InChI is InChI=1S/C13H11ClOS/c1-8-3-4-10(9(2)7-8)12(15)13-11(14)5-6-16-13/h3-7H,1-2H3. The average Bonchev–Trinajstić information content (AvgIpc) is 2.63. The first kappa shape index (κ1) is 11.4. The second kappa shape index (κ2) is 4.40. The van der Waals surface area contributed by atoms with Crippen LogP contribution in [-0.2, 0) is 0 Å². The summed E-state index contributed by atoms with van der Waals surface area (Å²) in [6, 6.07) is 7.57. The first-order valence-corrected chi connectivity index (χ1v) is 6.20. The van der Waals surface area contributed by atoms with Gasteiger partial charge in [0.15, 0.2) is 0 Å². The molecule has 0 amide bonds. The summed E-state index contributed by atoms with van der Waals surface area (Å²) in [5.74, 6) is 0.0116. The van der Waals surface area contributed by atoms with Gasteiger partial charge >= 0.3 is 0 Å². The molecule has 1 nitrogen and oxygen atoms in total. The number of hydrogen-bond donors (Lipinski definition) is 0. The van der Waals surface area contributed by atoms with E-state index in [1.807, 2.05) is 37.4 Å². The Morgan fingerprint density at radius 1 is 1.25 bits per heavy atom. The molecule has 0 saturated carbocycles. The minimum absolute atomic E-state index is 0.0116. The predicted octanol–water partition coefficient (Wildman–Crippen LogP) is 4.25. The van der Waals surface area contributed by atoms with E-state index in [9.17, 15) is 4.79 Å². The number of aryl methyl sites for hydroxylation is 2. The zero-order valence-electron chi connectivity index (χ0n) is 9.08. The minimum Gasteiger partial charge on any atom is -0.288 e. The van der Waals surface area contributed by atoms with Crippen LogP contribution in [0.5, 0.6) is 0 Å². The molecule has 0 aliphatic carbocycles. The maximum Gasteiger partial charge on any atom is 0.204 e. The fourth-order valence-corrected chi connectivity index (χ4v) is 2.74. The van der Waals surface area contributed by atoms with Crippen LogP contribution >= 0.6 is 22.9 Å². The van der Waals surface area contributed by atoms with Gasteiger partial charge in [-0.2, -0.15) is 0 Å². The highest BCUT2D eigenvalue weighted by Crippen LogP contribution is 2.26. The van der Waals surface area contributed by atoms with Crippen molar-refractivity contribution in [3.8, 4) is 0 Å². The second-order valence-corrected chi connectivity index (χ2v) is 5.07. The molecule has 2 aromatic rings. The number of benzene rings is 1. The molecular weight excluding hydrogens is 240 g/mol. The van der Waals surface area contributed by atoms with Crippen LogP contribution in [0, 0.1) is 13.8 Å². The molecule has 3 heteroatoms. The van der Waals surface area contributed by atoms with Gasteiger partial charge in [0.2, 0.25) is 5.78 Å². The maximum atomic E-state index is 12.2. The Labute approximate surface area is 104 Å². The summed E-state index contributed by atoms with van der Waals surface area (Å²) in [4.78, 5) is 12.8. The predicted molar refractivity (Wildman–Crippen MR) is 68.7 cm³/mol. The number of carbonyl (C=O) groups is 1. The molecular formula is C13H11ClOS. The Bertz CT molecular complexity index is 543. The highest BCUT2D eigenvalue weighted by Gasteiger charge is 2.15. The highest BCUT2D eigenvalue weighted by atomic mass is 35.5. The summed E-state index contributed by atoms with van der Waals surface area (Å²) in [7, 11) is 0. The summed E-state index contributed by atoms with van der Waals surface area (Å²) in [5.41, 5.74) is 2.88. The molecule has 0 bridgehead atoms. The summed E-state index contributed by atoms with van der Waals surface area (Å²) in [6.07, 6.45) is 0. The van der Waals surface area contributed by atoms with Crippen LogP contribution in [0.3, 0.4) is 0 Å². The molecule has 0 aliphatic rings. The van der Waals surface area contributed by atoms with Gasteiger partial charge in [0.25, 0.3) is 0 Å². The molecule has 0 atom stereocenters. The molecule has 0 radical (unpaired) electrons. The van der Waals surface area contributed by atoms with E-state index in [1.165, 1.54) is 11.3 Å². The van der Waals surface area contributed by atoms with Gasteiger partial charge in [0.1, 0.15) is 0 Å². The molecule has 0 spiro atoms. The third-order valence-electron chi connectivity index (χ3n) is 2.45. The topological polar surface area (TPSA) is 17.1 Å². The summed E-state index contributed by atoms with van der Waals surface area (Å²) < 4.78 is 0. The summed E-state index contributed by atoms with van der Waals surface area (Å²) in [5, 5.41) is 2.37. The van der Waals surface area contributed by atoms with Gasteiger partial charge in [-0.15, -0.1) is 11.3 Å². The van der Waals surface area contributed by atoms with Gasteiger partial charge in [0.05, 0.1) is 9.90 Å². The van der Waals surface area contributed by atoms with Gasteiger partial charge < -0.3 is 0 Å². The minimum atomic E-state index is 0.0116. The van der Waals surface area contributed by atoms with Gasteiger partial charge in [0, 0.05) is 5.56 Å². The Balaban J connectivity index is 2.46. The molecule has 16 heavy (non-hydrogen) atoms. The SMILES string of the molecule is Cc1ccc(C(=O)c2sccc2Cl)c(C)c1. The van der Waals surface area contributed by atoms with Gasteiger partial charge in [-0.25, -0.2) is 0 Å². The van der Waals surface area contributed by atoms with E-state index >= 15 is 0 Å². The zero-order chi connectivity index (χ0) is 11.7. The van der Waals surface area contributed by atoms with Gasteiger partial charge in [-0.3, -0.25) is 4.79 Å². The van der Waals surface area contributed by atoms with Crippen molar-refractivity contribution in [3.05, 3.63) is 56.2 Å². The molecule has 1 heterocycles. The van der Waals surface area contributed by atoms with E-state index in [-0.39, 0.29) is 5.78 Å². The monoisotopic (exact) mass is 250 g/mol. The van der Waals surface area contributed by atoms with Gasteiger partial charge in [-0.05, 0) is 30.9 Å². The molecule has 1 aromatic carbocycles. The van der Waals surface area contributed by atoms with Crippen molar-refractivity contribution in [3.63, 3.8) is 0 Å². The summed E-state index contributed by atoms with van der Waals surface area (Å²) in [6.45, 7) is 3.96. The van der Waals surface area contributed by atoms with Crippen molar-refractivity contribution >= 4 is 28.7 Å². The first-order valence-electron chi connectivity index (χ1n) is 4.94. The van der Waals surface area contributed by atoms with Crippen molar-refractivity contribution in [2.45, 2.75) is 13.8 Å². The van der Waals surface area contributed by atoms with Crippen molar-refractivity contribution in [1.29, 1.82) is 0 Å². The lowest BCUT2D eigenvalue weighted by atomic mass is 10.0. The van der Waals surface area contributed by atoms with Crippen molar-refractivity contribution in [2.24, 2.45) is 0 Å². The highest BCUT2D eigenvalue weighted by molar-refractivity contribution is 7.13. The van der Waals surface area contributed by atoms with E-state index in [0.717, 1.165) is 16.7 Å². The molecule has 82 valence electrons. The largest absolute Gasteiger partial charge is 0.288 e. The number of rotatable bonds is 2. The average molecular weight is 251 g/mol. The second-order valence-electron chi connectivity index (χ2n) is 3.75. The van der Waals surface area contributed by atoms with E-state index < -0.39 is 0 Å². The van der Waals surface area contributed by atoms with E-state index in [2.05, 4.69) is 0 Å². The fourth-order valence-electron chi connectivity index (χ4n) is 1.65. The van der Waals surface area contributed by atoms with Gasteiger partial charge in [-0.1, -0.05) is 35.4 Å². The smallest absolute Gasteiger partial charge is 0.204 e. The van der Waals surface area contributed by atoms with Crippen molar-refractivity contribution in [2.75, 3.05) is 0 Å². The number of thiophene rings is 1. The number of ketones is 1. The van der Waals surface area contributed by atoms with Crippen LogP contribution in [-0.4, -0.2) is 5.78 Å². The summed E-state index contributed by atoms with van der Waals surface area (Å²) >= 11 is 7.34. The third kappa shape index (κ3) is 2.04. The third-order valence-corrected chi connectivity index (χ3v) is 3.79. The van der Waals surface area contributed by atoms with E-state index in [4.69, 9.17) is 11.6 Å². The van der Waals surface area contributed by atoms with Crippen LogP contribution in [0.1, 0.15) is 26.4 Å². The van der Waals surface area contributed by atoms with Crippen molar-refractivity contribution < 1.29 is 4.79 Å². The van der Waals surface area contributed by atoms with E-state index in [0.29, 0.717) is 9.90 Å². The van der Waals surface area contributed by atoms with Crippen LogP contribution in [0.15, 0.2) is 29.6 Å². The van der Waals surface area contributed by atoms with Crippen LogP contribution < -0.4 is 0 Å². The number of halogens is 1. The van der Waals surface area contributed by atoms with Crippen molar-refractivity contribution in [1.82, 2.24) is 0 Å². The Hall–Kier alpha value is -1.12. The number of hydrogen-bond acceptors (Lipinski definition) is 2. The van der Waals surface area contributed by atoms with Crippen LogP contribution in [0.4, 0.5) is 0 Å². The molecule has 0 unspecified atom stereocenters. The zero-order valence-corrected chi connectivity index (χ0v) is 10.7. The molecule has 0 saturated heterocycles. The Kier molecular flexibility index (Phi) is 3.13. The lowest BCUT2D eigenvalue weighted by molar-refractivity contribution is 0.104. The number of carbonyl (C=O) groups excluding carboxylic acids is 1. The maximum absolute atomic E-state index is 12.2. The lowest BCUT2D eigenvalue weighted by Gasteiger charge is -2.04. The normalized spacial score (nSPS) is 10.4. The van der Waals surface area contributed by atoms with Crippen LogP contribution in [0.25, 0.3) is 0 Å². The molecule has 1 aromatic heterocycles. The molecule has 0 fully saturated rings. The Morgan fingerprint density at radius 3 is 2.56 bits per heavy atom. The molecule has 2 rings (SSSR count).